The molecule has 126 valence electrons. The van der Waals surface area contributed by atoms with Crippen LogP contribution in [-0.2, 0) is 6.18 Å². The second kappa shape index (κ2) is 5.47. The van der Waals surface area contributed by atoms with Crippen LogP contribution in [0.2, 0.25) is 0 Å². The Hall–Kier alpha value is -2.64. The number of ether oxygens (including phenoxy) is 1. The van der Waals surface area contributed by atoms with E-state index in [1.165, 1.54) is 26.2 Å². The molecule has 0 atom stereocenters. The zero-order valence-electron chi connectivity index (χ0n) is 13.1. The molecule has 2 heterocycles. The van der Waals surface area contributed by atoms with Crippen molar-refractivity contribution in [3.8, 4) is 16.9 Å². The van der Waals surface area contributed by atoms with Crippen molar-refractivity contribution in [1.29, 1.82) is 0 Å². The van der Waals surface area contributed by atoms with Gasteiger partial charge in [0.15, 0.2) is 17.2 Å². The molecule has 0 N–H and O–H groups in total. The fourth-order valence-corrected chi connectivity index (χ4v) is 2.61. The summed E-state index contributed by atoms with van der Waals surface area (Å²) in [7, 11) is 1.33. The fourth-order valence-electron chi connectivity index (χ4n) is 2.61. The summed E-state index contributed by atoms with van der Waals surface area (Å²) in [5.74, 6) is -0.564. The molecule has 0 fully saturated rings. The summed E-state index contributed by atoms with van der Waals surface area (Å²) in [4.78, 5) is 4.17. The molecule has 0 spiro atoms. The van der Waals surface area contributed by atoms with Crippen LogP contribution in [0, 0.1) is 19.7 Å². The molecular weight excluding hydrogens is 326 g/mol. The highest BCUT2D eigenvalue weighted by atomic mass is 19.4. The highest BCUT2D eigenvalue weighted by molar-refractivity contribution is 5.80. The summed E-state index contributed by atoms with van der Waals surface area (Å²) in [6.45, 7) is 3.03. The minimum Gasteiger partial charge on any atom is -0.494 e. The molecule has 0 aliphatic heterocycles. The molecule has 3 rings (SSSR count). The van der Waals surface area contributed by atoms with Crippen molar-refractivity contribution < 1.29 is 22.3 Å². The Morgan fingerprint density at radius 3 is 2.42 bits per heavy atom. The molecule has 0 unspecified atom stereocenters. The molecule has 0 aliphatic rings. The van der Waals surface area contributed by atoms with Crippen LogP contribution in [0.5, 0.6) is 5.75 Å². The number of benzene rings is 1. The Balaban J connectivity index is 2.32. The van der Waals surface area contributed by atoms with Crippen LogP contribution < -0.4 is 4.74 Å². The molecule has 2 aromatic heterocycles. The van der Waals surface area contributed by atoms with E-state index >= 15 is 0 Å². The summed E-state index contributed by atoms with van der Waals surface area (Å²) < 4.78 is 59.3. The normalized spacial score (nSPS) is 12.0. The lowest BCUT2D eigenvalue weighted by Crippen LogP contribution is -2.13. The molecule has 0 saturated heterocycles. The Morgan fingerprint density at radius 1 is 1.12 bits per heavy atom. The Kier molecular flexibility index (Phi) is 3.70. The largest absolute Gasteiger partial charge is 0.494 e. The summed E-state index contributed by atoms with van der Waals surface area (Å²) >= 11 is 0. The second-order valence-electron chi connectivity index (χ2n) is 5.33. The van der Waals surface area contributed by atoms with E-state index in [0.717, 1.165) is 10.6 Å². The van der Waals surface area contributed by atoms with Crippen LogP contribution in [0.4, 0.5) is 17.6 Å². The van der Waals surface area contributed by atoms with E-state index in [1.807, 2.05) is 0 Å². The Labute approximate surface area is 134 Å². The summed E-state index contributed by atoms with van der Waals surface area (Å²) in [6, 6.07) is 5.09. The summed E-state index contributed by atoms with van der Waals surface area (Å²) in [6.07, 6.45) is -4.58. The van der Waals surface area contributed by atoms with Gasteiger partial charge < -0.3 is 4.74 Å². The van der Waals surface area contributed by atoms with Crippen molar-refractivity contribution in [3.05, 3.63) is 47.2 Å². The zero-order valence-corrected chi connectivity index (χ0v) is 13.1. The van der Waals surface area contributed by atoms with Crippen LogP contribution in [0.25, 0.3) is 16.8 Å². The zero-order chi connectivity index (χ0) is 17.6. The van der Waals surface area contributed by atoms with Gasteiger partial charge in [-0.1, -0.05) is 6.07 Å². The monoisotopic (exact) mass is 339 g/mol. The number of hydrogen-bond donors (Lipinski definition) is 0. The predicted octanol–water partition coefficient (Wildman–Crippen LogP) is 4.18. The molecule has 1 aromatic carbocycles. The first kappa shape index (κ1) is 16.2. The van der Waals surface area contributed by atoms with Gasteiger partial charge in [-0.25, -0.2) is 13.9 Å². The van der Waals surface area contributed by atoms with Crippen molar-refractivity contribution in [2.45, 2.75) is 20.0 Å². The molecule has 4 nitrogen and oxygen atoms in total. The van der Waals surface area contributed by atoms with Crippen LogP contribution in [0.15, 0.2) is 24.3 Å². The van der Waals surface area contributed by atoms with Gasteiger partial charge in [-0.05, 0) is 37.6 Å². The Morgan fingerprint density at radius 2 is 1.83 bits per heavy atom. The quantitative estimate of drug-likeness (QED) is 0.658. The van der Waals surface area contributed by atoms with Gasteiger partial charge in [0, 0.05) is 11.3 Å². The SMILES string of the molecule is COc1ccc(-c2c(C)nn3c(C(F)(F)F)cc(C)nc23)cc1F. The van der Waals surface area contributed by atoms with Gasteiger partial charge in [0.05, 0.1) is 12.8 Å². The summed E-state index contributed by atoms with van der Waals surface area (Å²) in [5.41, 5.74) is 0.364. The first-order valence-corrected chi connectivity index (χ1v) is 7.00. The molecule has 0 amide bonds. The topological polar surface area (TPSA) is 39.4 Å². The van der Waals surface area contributed by atoms with E-state index < -0.39 is 17.7 Å². The fraction of sp³-hybridized carbons (Fsp3) is 0.250. The van der Waals surface area contributed by atoms with Crippen molar-refractivity contribution in [2.24, 2.45) is 0 Å². The minimum atomic E-state index is -4.58. The van der Waals surface area contributed by atoms with Crippen LogP contribution in [0.1, 0.15) is 17.1 Å². The average molecular weight is 339 g/mol. The lowest BCUT2D eigenvalue weighted by atomic mass is 10.1. The number of halogens is 4. The van der Waals surface area contributed by atoms with E-state index in [0.29, 0.717) is 16.8 Å². The van der Waals surface area contributed by atoms with E-state index in [2.05, 4.69) is 10.1 Å². The van der Waals surface area contributed by atoms with Crippen LogP contribution >= 0.6 is 0 Å². The van der Waals surface area contributed by atoms with Crippen LogP contribution in [-0.4, -0.2) is 21.7 Å². The number of alkyl halides is 3. The molecule has 0 radical (unpaired) electrons. The lowest BCUT2D eigenvalue weighted by molar-refractivity contribution is -0.142. The molecule has 8 heteroatoms. The lowest BCUT2D eigenvalue weighted by Gasteiger charge is -2.10. The standard InChI is InChI=1S/C16H13F4N3O/c1-8-6-13(16(18,19)20)23-15(21-8)14(9(2)22-23)10-4-5-12(24-3)11(17)7-10/h4-7H,1-3H3. The van der Waals surface area contributed by atoms with Gasteiger partial charge in [0.25, 0.3) is 0 Å². The van der Waals surface area contributed by atoms with Gasteiger partial charge in [0.1, 0.15) is 5.69 Å². The molecule has 0 aliphatic carbocycles. The molecule has 0 saturated carbocycles. The molecule has 24 heavy (non-hydrogen) atoms. The first-order chi connectivity index (χ1) is 11.2. The second-order valence-corrected chi connectivity index (χ2v) is 5.33. The third-order valence-electron chi connectivity index (χ3n) is 3.62. The van der Waals surface area contributed by atoms with E-state index in [-0.39, 0.29) is 17.1 Å². The maximum Gasteiger partial charge on any atom is 0.433 e. The maximum atomic E-state index is 14.0. The van der Waals surface area contributed by atoms with Crippen LogP contribution in [0.3, 0.4) is 0 Å². The van der Waals surface area contributed by atoms with Gasteiger partial charge in [-0.15, -0.1) is 0 Å². The highest BCUT2D eigenvalue weighted by Crippen LogP contribution is 2.35. The highest BCUT2D eigenvalue weighted by Gasteiger charge is 2.35. The van der Waals surface area contributed by atoms with Crippen molar-refractivity contribution >= 4 is 5.65 Å². The Bertz CT molecular complexity index is 931. The number of rotatable bonds is 2. The van der Waals surface area contributed by atoms with E-state index in [9.17, 15) is 17.6 Å². The van der Waals surface area contributed by atoms with Crippen molar-refractivity contribution in [2.75, 3.05) is 7.11 Å². The summed E-state index contributed by atoms with van der Waals surface area (Å²) in [5, 5.41) is 3.95. The maximum absolute atomic E-state index is 14.0. The number of hydrogen-bond acceptors (Lipinski definition) is 3. The van der Waals surface area contributed by atoms with E-state index in [1.54, 1.807) is 13.0 Å². The minimum absolute atomic E-state index is 0.0318. The van der Waals surface area contributed by atoms with Crippen molar-refractivity contribution in [3.63, 3.8) is 0 Å². The first-order valence-electron chi connectivity index (χ1n) is 7.00. The molecule has 0 bridgehead atoms. The van der Waals surface area contributed by atoms with Gasteiger partial charge >= 0.3 is 6.18 Å². The third-order valence-corrected chi connectivity index (χ3v) is 3.62. The smallest absolute Gasteiger partial charge is 0.433 e. The van der Waals surface area contributed by atoms with Gasteiger partial charge in [-0.2, -0.15) is 18.3 Å². The average Bonchev–Trinajstić information content (AvgIpc) is 2.81. The van der Waals surface area contributed by atoms with Gasteiger partial charge in [-0.3, -0.25) is 0 Å². The van der Waals surface area contributed by atoms with Gasteiger partial charge in [0.2, 0.25) is 0 Å². The predicted molar refractivity (Wildman–Crippen MR) is 79.4 cm³/mol. The van der Waals surface area contributed by atoms with Crippen molar-refractivity contribution in [1.82, 2.24) is 14.6 Å². The molecule has 3 aromatic rings. The third kappa shape index (κ3) is 2.57. The number of nitrogens with zero attached hydrogens (tertiary/aromatic N) is 3. The number of aromatic nitrogens is 3. The van der Waals surface area contributed by atoms with E-state index in [4.69, 9.17) is 4.74 Å². The number of methoxy groups -OCH3 is 1. The number of aryl methyl sites for hydroxylation is 2. The number of fused-ring (bicyclic) bond motifs is 1. The molecular formula is C16H13F4N3O.